The molecule has 140 valence electrons. The van der Waals surface area contributed by atoms with Gasteiger partial charge in [0, 0.05) is 30.2 Å². The maximum Gasteiger partial charge on any atom is 0.0406 e. The highest BCUT2D eigenvalue weighted by Gasteiger charge is 2.45. The molecule has 5 rings (SSSR count). The lowest BCUT2D eigenvalue weighted by molar-refractivity contribution is -0.000370. The van der Waals surface area contributed by atoms with Gasteiger partial charge in [0.25, 0.3) is 0 Å². The maximum atomic E-state index is 6.04. The lowest BCUT2D eigenvalue weighted by atomic mass is 9.68. The maximum absolute atomic E-state index is 6.04. The first-order chi connectivity index (χ1) is 12.8. The lowest BCUT2D eigenvalue weighted by Gasteiger charge is -2.54. The van der Waals surface area contributed by atoms with Crippen molar-refractivity contribution in [2.45, 2.75) is 57.0 Å². The lowest BCUT2D eigenvalue weighted by Crippen LogP contribution is -2.59. The van der Waals surface area contributed by atoms with E-state index in [0.29, 0.717) is 0 Å². The van der Waals surface area contributed by atoms with Gasteiger partial charge in [-0.25, -0.2) is 0 Å². The van der Waals surface area contributed by atoms with Crippen LogP contribution in [0.15, 0.2) is 35.9 Å². The Bertz CT molecular complexity index is 667. The number of halogens is 1. The minimum atomic E-state index is 0.718. The van der Waals surface area contributed by atoms with Crippen LogP contribution in [0.3, 0.4) is 0 Å². The number of rotatable bonds is 3. The first-order valence-corrected chi connectivity index (χ1v) is 11.1. The molecule has 0 spiro atoms. The Hall–Kier alpha value is -0.830. The minimum absolute atomic E-state index is 0.718. The van der Waals surface area contributed by atoms with Crippen LogP contribution in [-0.2, 0) is 6.42 Å². The second-order valence-corrected chi connectivity index (χ2v) is 9.36. The van der Waals surface area contributed by atoms with E-state index >= 15 is 0 Å². The topological polar surface area (TPSA) is 6.48 Å². The summed E-state index contributed by atoms with van der Waals surface area (Å²) < 4.78 is 0. The number of nitrogens with zero attached hydrogens (tertiary/aromatic N) is 2. The first-order valence-electron chi connectivity index (χ1n) is 10.7. The van der Waals surface area contributed by atoms with Gasteiger partial charge in [-0.1, -0.05) is 41.8 Å². The summed E-state index contributed by atoms with van der Waals surface area (Å²) in [5, 5.41) is 0.841. The Morgan fingerprint density at radius 1 is 1.04 bits per heavy atom. The van der Waals surface area contributed by atoms with Gasteiger partial charge in [-0.15, -0.1) is 0 Å². The molecule has 1 aliphatic carbocycles. The van der Waals surface area contributed by atoms with Gasteiger partial charge in [0.05, 0.1) is 0 Å². The van der Waals surface area contributed by atoms with Crippen LogP contribution in [0.25, 0.3) is 0 Å². The van der Waals surface area contributed by atoms with Gasteiger partial charge in [0.15, 0.2) is 0 Å². The second kappa shape index (κ2) is 7.30. The van der Waals surface area contributed by atoms with Crippen LogP contribution in [0, 0.1) is 11.8 Å². The van der Waals surface area contributed by atoms with E-state index in [0.717, 1.165) is 35.4 Å². The molecule has 0 radical (unpaired) electrons. The average Bonchev–Trinajstić information content (AvgIpc) is 2.67. The van der Waals surface area contributed by atoms with Crippen LogP contribution in [0.5, 0.6) is 0 Å². The summed E-state index contributed by atoms with van der Waals surface area (Å²) in [4.78, 5) is 5.66. The van der Waals surface area contributed by atoms with E-state index in [1.807, 2.05) is 12.1 Å². The smallest absolute Gasteiger partial charge is 0.0406 e. The van der Waals surface area contributed by atoms with Gasteiger partial charge in [-0.2, -0.15) is 0 Å². The summed E-state index contributed by atoms with van der Waals surface area (Å²) in [7, 11) is 0. The molecule has 26 heavy (non-hydrogen) atoms. The van der Waals surface area contributed by atoms with Crippen molar-refractivity contribution < 1.29 is 0 Å². The molecular formula is C23H31ClN2. The van der Waals surface area contributed by atoms with Crippen molar-refractivity contribution in [2.75, 3.05) is 26.2 Å². The van der Waals surface area contributed by atoms with Gasteiger partial charge >= 0.3 is 0 Å². The fraction of sp³-hybridized carbons (Fsp3) is 0.652. The molecule has 0 aromatic heterocycles. The monoisotopic (exact) mass is 370 g/mol. The summed E-state index contributed by atoms with van der Waals surface area (Å²) in [6.45, 7) is 5.16. The molecule has 0 N–H and O–H groups in total. The van der Waals surface area contributed by atoms with E-state index in [4.69, 9.17) is 11.6 Å². The number of fused-ring (bicyclic) bond motifs is 6. The predicted molar refractivity (Wildman–Crippen MR) is 109 cm³/mol. The SMILES string of the molecule is Clc1ccc(CCN2CCCC3=C[C@H]4C[C@H](CN5CCCC[C@H]45)[C@@H]32)cc1. The van der Waals surface area contributed by atoms with Crippen molar-refractivity contribution >= 4 is 11.6 Å². The molecule has 0 amide bonds. The molecule has 2 nitrogen and oxygen atoms in total. The van der Waals surface area contributed by atoms with Crippen LogP contribution in [-0.4, -0.2) is 48.1 Å². The van der Waals surface area contributed by atoms with E-state index in [1.165, 1.54) is 70.3 Å². The molecule has 4 aliphatic rings. The Labute approximate surface area is 163 Å². The Morgan fingerprint density at radius 3 is 2.81 bits per heavy atom. The van der Waals surface area contributed by atoms with E-state index in [2.05, 4.69) is 28.0 Å². The second-order valence-electron chi connectivity index (χ2n) is 8.92. The Balaban J connectivity index is 1.33. The van der Waals surface area contributed by atoms with Crippen molar-refractivity contribution in [2.24, 2.45) is 11.8 Å². The third-order valence-corrected chi connectivity index (χ3v) is 7.61. The molecule has 1 aromatic rings. The molecule has 3 saturated heterocycles. The third kappa shape index (κ3) is 3.25. The minimum Gasteiger partial charge on any atom is -0.299 e. The summed E-state index contributed by atoms with van der Waals surface area (Å²) in [6.07, 6.45) is 12.3. The van der Waals surface area contributed by atoms with E-state index in [1.54, 1.807) is 5.57 Å². The highest BCUT2D eigenvalue weighted by molar-refractivity contribution is 6.30. The highest BCUT2D eigenvalue weighted by Crippen LogP contribution is 2.44. The summed E-state index contributed by atoms with van der Waals surface area (Å²) in [6, 6.07) is 10.0. The fourth-order valence-electron chi connectivity index (χ4n) is 6.26. The molecule has 4 atom stereocenters. The molecule has 3 heteroatoms. The Morgan fingerprint density at radius 2 is 1.92 bits per heavy atom. The quantitative estimate of drug-likeness (QED) is 0.706. The van der Waals surface area contributed by atoms with Crippen molar-refractivity contribution in [3.63, 3.8) is 0 Å². The number of benzene rings is 1. The fourth-order valence-corrected chi connectivity index (χ4v) is 6.38. The zero-order valence-electron chi connectivity index (χ0n) is 15.7. The summed E-state index contributed by atoms with van der Waals surface area (Å²) in [5.41, 5.74) is 3.21. The number of likely N-dealkylation sites (tertiary alicyclic amines) is 1. The van der Waals surface area contributed by atoms with Crippen LogP contribution < -0.4 is 0 Å². The zero-order chi connectivity index (χ0) is 17.5. The predicted octanol–water partition coefficient (Wildman–Crippen LogP) is 4.78. The van der Waals surface area contributed by atoms with E-state index < -0.39 is 0 Å². The van der Waals surface area contributed by atoms with Crippen molar-refractivity contribution in [3.8, 4) is 0 Å². The van der Waals surface area contributed by atoms with E-state index in [-0.39, 0.29) is 0 Å². The van der Waals surface area contributed by atoms with Gasteiger partial charge in [-0.3, -0.25) is 9.80 Å². The molecule has 0 unspecified atom stereocenters. The van der Waals surface area contributed by atoms with Crippen LogP contribution >= 0.6 is 11.6 Å². The van der Waals surface area contributed by atoms with Gasteiger partial charge in [0.2, 0.25) is 0 Å². The molecule has 3 aliphatic heterocycles. The van der Waals surface area contributed by atoms with Gasteiger partial charge in [0.1, 0.15) is 0 Å². The van der Waals surface area contributed by atoms with Crippen molar-refractivity contribution in [3.05, 3.63) is 46.5 Å². The normalized spacial score (nSPS) is 34.7. The van der Waals surface area contributed by atoms with Gasteiger partial charge in [-0.05, 0) is 81.1 Å². The first kappa shape index (κ1) is 17.3. The van der Waals surface area contributed by atoms with Crippen LogP contribution in [0.4, 0.5) is 0 Å². The molecule has 3 fully saturated rings. The number of piperidine rings is 3. The largest absolute Gasteiger partial charge is 0.299 e. The van der Waals surface area contributed by atoms with Crippen molar-refractivity contribution in [1.29, 1.82) is 0 Å². The molecule has 3 heterocycles. The number of hydrogen-bond donors (Lipinski definition) is 0. The molecule has 1 aromatic carbocycles. The zero-order valence-corrected chi connectivity index (χ0v) is 16.5. The highest BCUT2D eigenvalue weighted by atomic mass is 35.5. The van der Waals surface area contributed by atoms with Crippen LogP contribution in [0.2, 0.25) is 5.02 Å². The molecular weight excluding hydrogens is 340 g/mol. The summed E-state index contributed by atoms with van der Waals surface area (Å²) >= 11 is 6.04. The van der Waals surface area contributed by atoms with E-state index in [9.17, 15) is 0 Å². The molecule has 2 bridgehead atoms. The average molecular weight is 371 g/mol. The number of hydrogen-bond acceptors (Lipinski definition) is 2. The summed E-state index contributed by atoms with van der Waals surface area (Å²) in [5.74, 6) is 1.70. The standard InChI is InChI=1S/C23H31ClN2/c24-21-8-6-17(7-9-21)10-13-25-12-3-4-18-14-19-15-20(23(18)25)16-26-11-2-1-5-22(19)26/h6-9,14,19-20,22-23H,1-5,10-13,15-16H2/t19-,20+,22+,23+/m0/s1. The van der Waals surface area contributed by atoms with Crippen molar-refractivity contribution in [1.82, 2.24) is 9.80 Å². The van der Waals surface area contributed by atoms with Gasteiger partial charge < -0.3 is 0 Å². The molecule has 0 saturated carbocycles. The van der Waals surface area contributed by atoms with Crippen LogP contribution in [0.1, 0.15) is 44.1 Å². The Kier molecular flexibility index (Phi) is 4.85. The third-order valence-electron chi connectivity index (χ3n) is 7.36.